The Bertz CT molecular complexity index is 934. The van der Waals surface area contributed by atoms with Gasteiger partial charge in [0.2, 0.25) is 10.4 Å². The lowest BCUT2D eigenvalue weighted by Gasteiger charge is -2.31. The summed E-state index contributed by atoms with van der Waals surface area (Å²) in [6, 6.07) is 3.11. The molecule has 0 radical (unpaired) electrons. The Labute approximate surface area is 140 Å². The van der Waals surface area contributed by atoms with Gasteiger partial charge in [-0.25, -0.2) is 4.79 Å². The van der Waals surface area contributed by atoms with E-state index in [9.17, 15) is 19.8 Å². The van der Waals surface area contributed by atoms with Crippen LogP contribution in [-0.2, 0) is 14.3 Å². The predicted molar refractivity (Wildman–Crippen MR) is 83.9 cm³/mol. The summed E-state index contributed by atoms with van der Waals surface area (Å²) >= 11 is 0.833. The molecule has 1 fully saturated rings. The number of phenolic OH excluding ortho intramolecular Hbond substituents is 1. The molecule has 2 aliphatic rings. The molecule has 4 rings (SSSR count). The molecule has 0 aliphatic carbocycles. The van der Waals surface area contributed by atoms with Crippen LogP contribution in [0.3, 0.4) is 0 Å². The summed E-state index contributed by atoms with van der Waals surface area (Å²) in [7, 11) is 1.20. The van der Waals surface area contributed by atoms with Crippen LogP contribution in [0, 0.1) is 6.92 Å². The second-order valence-electron chi connectivity index (χ2n) is 5.91. The molecule has 126 valence electrons. The highest BCUT2D eigenvalue weighted by Gasteiger charge is 2.61. The van der Waals surface area contributed by atoms with Gasteiger partial charge in [-0.05, 0) is 36.4 Å². The third kappa shape index (κ3) is 1.87. The van der Waals surface area contributed by atoms with Crippen LogP contribution in [0.5, 0.6) is 5.75 Å². The normalized spacial score (nSPS) is 28.0. The molecule has 2 aliphatic heterocycles. The van der Waals surface area contributed by atoms with Crippen LogP contribution in [0.1, 0.15) is 23.7 Å². The van der Waals surface area contributed by atoms with E-state index in [0.717, 1.165) is 17.3 Å². The first-order valence-corrected chi connectivity index (χ1v) is 8.12. The van der Waals surface area contributed by atoms with E-state index in [1.165, 1.54) is 13.2 Å². The van der Waals surface area contributed by atoms with E-state index in [0.29, 0.717) is 0 Å². The van der Waals surface area contributed by atoms with Crippen molar-refractivity contribution < 1.29 is 28.9 Å². The fraction of sp³-hybridized carbons (Fsp3) is 0.375. The van der Waals surface area contributed by atoms with E-state index in [2.05, 4.69) is 0 Å². The minimum Gasteiger partial charge on any atom is -0.507 e. The molecule has 3 heterocycles. The van der Waals surface area contributed by atoms with Gasteiger partial charge < -0.3 is 24.1 Å². The number of carbonyl (C=O) groups is 1. The van der Waals surface area contributed by atoms with E-state index in [1.54, 1.807) is 13.0 Å². The Balaban J connectivity index is 1.99. The smallest absolute Gasteiger partial charge is 0.352 e. The van der Waals surface area contributed by atoms with Crippen LogP contribution in [0.15, 0.2) is 26.4 Å². The molecule has 1 aromatic carbocycles. The van der Waals surface area contributed by atoms with Crippen LogP contribution in [0.2, 0.25) is 0 Å². The van der Waals surface area contributed by atoms with Gasteiger partial charge in [0.25, 0.3) is 0 Å². The third-order valence-corrected chi connectivity index (χ3v) is 5.68. The quantitative estimate of drug-likeness (QED) is 0.747. The highest BCUT2D eigenvalue weighted by Crippen LogP contribution is 2.55. The van der Waals surface area contributed by atoms with Crippen molar-refractivity contribution in [3.63, 3.8) is 0 Å². The van der Waals surface area contributed by atoms with E-state index in [-0.39, 0.29) is 33.8 Å². The van der Waals surface area contributed by atoms with Crippen LogP contribution >= 0.6 is 11.8 Å². The van der Waals surface area contributed by atoms with E-state index >= 15 is 0 Å². The van der Waals surface area contributed by atoms with Crippen LogP contribution < -0.4 is 5.43 Å². The average molecular weight is 350 g/mol. The number of rotatable bonds is 1. The summed E-state index contributed by atoms with van der Waals surface area (Å²) in [6.45, 7) is 1.76. The zero-order valence-electron chi connectivity index (χ0n) is 12.9. The van der Waals surface area contributed by atoms with Crippen molar-refractivity contribution in [3.8, 4) is 5.75 Å². The Morgan fingerprint density at radius 3 is 2.92 bits per heavy atom. The topological polar surface area (TPSA) is 106 Å². The number of aryl methyl sites for hydroxylation is 1. The summed E-state index contributed by atoms with van der Waals surface area (Å²) in [4.78, 5) is 23.3. The number of hydrogen-bond donors (Lipinski definition) is 2. The Morgan fingerprint density at radius 2 is 2.21 bits per heavy atom. The summed E-state index contributed by atoms with van der Waals surface area (Å²) in [5.74, 6) is -0.905. The molecule has 24 heavy (non-hydrogen) atoms. The number of fused-ring (bicyclic) bond motifs is 5. The van der Waals surface area contributed by atoms with E-state index in [4.69, 9.17) is 13.9 Å². The van der Waals surface area contributed by atoms with Crippen molar-refractivity contribution in [2.45, 2.75) is 35.6 Å². The SMILES string of the molecule is COC(=O)C12OC(CC1O)c1c(oc3cc(C)cc(O)c3c1=O)S2. The largest absolute Gasteiger partial charge is 0.507 e. The molecule has 0 spiro atoms. The average Bonchev–Trinajstić information content (AvgIpc) is 2.77. The summed E-state index contributed by atoms with van der Waals surface area (Å²) in [5, 5.41) is 20.7. The van der Waals surface area contributed by atoms with Crippen LogP contribution in [0.4, 0.5) is 0 Å². The predicted octanol–water partition coefficient (Wildman–Crippen LogP) is 1.60. The molecule has 1 saturated heterocycles. The zero-order chi connectivity index (χ0) is 17.2. The van der Waals surface area contributed by atoms with Gasteiger partial charge in [0.15, 0.2) is 5.09 Å². The van der Waals surface area contributed by atoms with Gasteiger partial charge in [-0.15, -0.1) is 0 Å². The minimum absolute atomic E-state index is 0.0653. The van der Waals surface area contributed by atoms with Crippen molar-refractivity contribution >= 4 is 28.7 Å². The summed E-state index contributed by atoms with van der Waals surface area (Å²) in [5.41, 5.74) is 0.738. The maximum Gasteiger partial charge on any atom is 0.352 e. The lowest BCUT2D eigenvalue weighted by atomic mass is 10.0. The Kier molecular flexibility index (Phi) is 3.22. The first-order valence-electron chi connectivity index (χ1n) is 7.31. The number of methoxy groups -OCH3 is 1. The number of hydrogen-bond acceptors (Lipinski definition) is 8. The molecule has 2 bridgehead atoms. The Hall–Kier alpha value is -2.03. The van der Waals surface area contributed by atoms with Crippen molar-refractivity contribution in [2.24, 2.45) is 0 Å². The Morgan fingerprint density at radius 1 is 1.46 bits per heavy atom. The third-order valence-electron chi connectivity index (χ3n) is 4.35. The number of aliphatic hydroxyl groups excluding tert-OH is 1. The van der Waals surface area contributed by atoms with Gasteiger partial charge in [-0.2, -0.15) is 0 Å². The summed E-state index contributed by atoms with van der Waals surface area (Å²) in [6.07, 6.45) is -1.87. The van der Waals surface area contributed by atoms with Gasteiger partial charge in [-0.1, -0.05) is 0 Å². The van der Waals surface area contributed by atoms with E-state index < -0.39 is 28.5 Å². The molecule has 1 aromatic heterocycles. The van der Waals surface area contributed by atoms with Crippen molar-refractivity contribution in [1.82, 2.24) is 0 Å². The molecule has 7 nitrogen and oxygen atoms in total. The van der Waals surface area contributed by atoms with Crippen molar-refractivity contribution in [3.05, 3.63) is 33.5 Å². The van der Waals surface area contributed by atoms with Crippen LogP contribution in [-0.4, -0.2) is 34.3 Å². The molecular formula is C16H14O7S. The second-order valence-corrected chi connectivity index (χ2v) is 7.09. The fourth-order valence-electron chi connectivity index (χ4n) is 3.25. The molecule has 0 amide bonds. The van der Waals surface area contributed by atoms with Crippen molar-refractivity contribution in [1.29, 1.82) is 0 Å². The van der Waals surface area contributed by atoms with Gasteiger partial charge in [-0.3, -0.25) is 4.79 Å². The minimum atomic E-state index is -1.64. The number of phenols is 1. The highest BCUT2D eigenvalue weighted by molar-refractivity contribution is 8.01. The number of benzene rings is 1. The molecule has 0 saturated carbocycles. The van der Waals surface area contributed by atoms with Crippen LogP contribution in [0.25, 0.3) is 11.0 Å². The van der Waals surface area contributed by atoms with Crippen molar-refractivity contribution in [2.75, 3.05) is 7.11 Å². The summed E-state index contributed by atoms with van der Waals surface area (Å²) < 4.78 is 16.2. The monoisotopic (exact) mass is 350 g/mol. The molecule has 2 N–H and O–H groups in total. The van der Waals surface area contributed by atoms with Gasteiger partial charge in [0.1, 0.15) is 22.8 Å². The molecule has 3 unspecified atom stereocenters. The molecule has 8 heteroatoms. The van der Waals surface area contributed by atoms with Gasteiger partial charge >= 0.3 is 5.97 Å². The number of esters is 1. The maximum absolute atomic E-state index is 12.8. The lowest BCUT2D eigenvalue weighted by Crippen LogP contribution is -2.46. The molecule has 3 atom stereocenters. The lowest BCUT2D eigenvalue weighted by molar-refractivity contribution is -0.162. The number of aliphatic hydroxyl groups is 1. The molecular weight excluding hydrogens is 336 g/mol. The first kappa shape index (κ1) is 15.5. The fourth-order valence-corrected chi connectivity index (χ4v) is 4.55. The maximum atomic E-state index is 12.8. The highest BCUT2D eigenvalue weighted by atomic mass is 32.2. The zero-order valence-corrected chi connectivity index (χ0v) is 13.7. The van der Waals surface area contributed by atoms with E-state index in [1.807, 2.05) is 0 Å². The standard InChI is InChI=1S/C16H14O7S/c1-6-3-7(17)11-8(4-6)22-14-12(13(11)19)9-5-10(18)16(23-9,24-14)15(20)21-2/h3-4,9-10,17-18H,5H2,1-2H3. The number of aromatic hydroxyl groups is 1. The first-order chi connectivity index (χ1) is 11.4. The van der Waals surface area contributed by atoms with Gasteiger partial charge in [0, 0.05) is 6.42 Å². The molecule has 2 aromatic rings. The number of thioether (sulfide) groups is 1. The number of carbonyl (C=O) groups excluding carboxylic acids is 1. The number of ether oxygens (including phenoxy) is 2. The second kappa shape index (κ2) is 4.98. The van der Waals surface area contributed by atoms with Gasteiger partial charge in [0.05, 0.1) is 18.8 Å².